The third-order valence-electron chi connectivity index (χ3n) is 7.73. The highest BCUT2D eigenvalue weighted by atomic mass is 35.5. The molecule has 4 aromatic rings. The Balaban J connectivity index is 1.03. The summed E-state index contributed by atoms with van der Waals surface area (Å²) in [4.78, 5) is 76.5. The van der Waals surface area contributed by atoms with Crippen molar-refractivity contribution in [3.63, 3.8) is 0 Å². The minimum atomic E-state index is -1.12. The van der Waals surface area contributed by atoms with Crippen LogP contribution in [-0.4, -0.2) is 75.9 Å². The first-order valence-corrected chi connectivity index (χ1v) is 15.3. The fourth-order valence-corrected chi connectivity index (χ4v) is 5.96. The van der Waals surface area contributed by atoms with Gasteiger partial charge in [-0.15, -0.1) is 0 Å². The molecule has 1 fully saturated rings. The topological polar surface area (TPSA) is 169 Å². The quantitative estimate of drug-likeness (QED) is 0.170. The monoisotopic (exact) mass is 676 g/mol. The van der Waals surface area contributed by atoms with Gasteiger partial charge in [-0.1, -0.05) is 53.5 Å². The molecule has 2 aliphatic heterocycles. The van der Waals surface area contributed by atoms with Crippen molar-refractivity contribution in [3.05, 3.63) is 93.1 Å². The number of rotatable bonds is 10. The van der Waals surface area contributed by atoms with E-state index < -0.39 is 48.1 Å². The van der Waals surface area contributed by atoms with Crippen molar-refractivity contribution in [2.24, 2.45) is 0 Å². The molecule has 1 unspecified atom stereocenters. The number of carbonyl (C=O) groups is 6. The molecule has 240 valence electrons. The molecule has 15 heteroatoms. The number of piperidine rings is 1. The molecule has 3 aromatic carbocycles. The average Bonchev–Trinajstić information content (AvgIpc) is 3.54. The summed E-state index contributed by atoms with van der Waals surface area (Å²) in [6, 6.07) is 15.7. The molecule has 13 nitrogen and oxygen atoms in total. The molecular formula is C32H26Cl2N6O7. The van der Waals surface area contributed by atoms with Gasteiger partial charge < -0.3 is 15.4 Å². The van der Waals surface area contributed by atoms with Gasteiger partial charge in [0.2, 0.25) is 11.8 Å². The number of ether oxygens (including phenoxy) is 1. The Morgan fingerprint density at radius 2 is 1.74 bits per heavy atom. The Labute approximate surface area is 277 Å². The highest BCUT2D eigenvalue weighted by molar-refractivity contribution is 6.35. The van der Waals surface area contributed by atoms with Gasteiger partial charge in [-0.3, -0.25) is 43.7 Å². The van der Waals surface area contributed by atoms with E-state index in [0.717, 1.165) is 16.0 Å². The Morgan fingerprint density at radius 3 is 2.53 bits per heavy atom. The SMILES string of the molecule is O=C(COc1cccc2c1C(=O)N(C1CCC(=O)NC1=O)C2=O)NCCNC(=O)c1nn(Cc2ccc(Cl)cc2Cl)c2ccccc12. The number of amides is 6. The lowest BCUT2D eigenvalue weighted by atomic mass is 10.0. The van der Waals surface area contributed by atoms with Crippen LogP contribution in [0.3, 0.4) is 0 Å². The maximum Gasteiger partial charge on any atom is 0.272 e. The van der Waals surface area contributed by atoms with Crippen LogP contribution in [0.25, 0.3) is 10.9 Å². The number of halogens is 2. The second-order valence-electron chi connectivity index (χ2n) is 10.8. The third kappa shape index (κ3) is 6.40. The molecule has 2 aliphatic rings. The fraction of sp³-hybridized carbons (Fsp3) is 0.219. The van der Waals surface area contributed by atoms with E-state index in [1.807, 2.05) is 12.1 Å². The largest absolute Gasteiger partial charge is 0.483 e. The Hall–Kier alpha value is -5.27. The number of imide groups is 2. The van der Waals surface area contributed by atoms with E-state index in [1.54, 1.807) is 35.0 Å². The fourth-order valence-electron chi connectivity index (χ4n) is 5.49. The second kappa shape index (κ2) is 13.2. The highest BCUT2D eigenvalue weighted by Crippen LogP contribution is 2.33. The van der Waals surface area contributed by atoms with Crippen molar-refractivity contribution < 1.29 is 33.5 Å². The van der Waals surface area contributed by atoms with Gasteiger partial charge in [0.15, 0.2) is 12.3 Å². The number of hydrogen-bond acceptors (Lipinski definition) is 8. The minimum Gasteiger partial charge on any atom is -0.483 e. The van der Waals surface area contributed by atoms with E-state index >= 15 is 0 Å². The molecule has 1 saturated heterocycles. The van der Waals surface area contributed by atoms with Gasteiger partial charge in [-0.2, -0.15) is 5.10 Å². The summed E-state index contributed by atoms with van der Waals surface area (Å²) in [6.45, 7) is -0.00422. The van der Waals surface area contributed by atoms with Gasteiger partial charge in [-0.05, 0) is 42.3 Å². The number of carbonyl (C=O) groups excluding carboxylic acids is 6. The van der Waals surface area contributed by atoms with Gasteiger partial charge >= 0.3 is 0 Å². The lowest BCUT2D eigenvalue weighted by Gasteiger charge is -2.27. The zero-order valence-corrected chi connectivity index (χ0v) is 26.1. The molecule has 0 saturated carbocycles. The molecule has 3 heterocycles. The van der Waals surface area contributed by atoms with E-state index in [1.165, 1.54) is 18.2 Å². The van der Waals surface area contributed by atoms with E-state index in [9.17, 15) is 28.8 Å². The van der Waals surface area contributed by atoms with E-state index in [2.05, 4.69) is 21.0 Å². The first kappa shape index (κ1) is 31.7. The average molecular weight is 678 g/mol. The summed E-state index contributed by atoms with van der Waals surface area (Å²) < 4.78 is 7.27. The molecule has 0 radical (unpaired) electrons. The van der Waals surface area contributed by atoms with Crippen LogP contribution >= 0.6 is 23.2 Å². The number of para-hydroxylation sites is 1. The Morgan fingerprint density at radius 1 is 0.957 bits per heavy atom. The molecule has 0 spiro atoms. The van der Waals surface area contributed by atoms with Crippen molar-refractivity contribution in [2.45, 2.75) is 25.4 Å². The van der Waals surface area contributed by atoms with Crippen molar-refractivity contribution >= 4 is 69.5 Å². The summed E-state index contributed by atoms with van der Waals surface area (Å²) in [5.74, 6) is -3.60. The predicted octanol–water partition coefficient (Wildman–Crippen LogP) is 2.72. The normalized spacial score (nSPS) is 15.9. The lowest BCUT2D eigenvalue weighted by Crippen LogP contribution is -2.54. The summed E-state index contributed by atoms with van der Waals surface area (Å²) in [7, 11) is 0. The van der Waals surface area contributed by atoms with Crippen LogP contribution < -0.4 is 20.7 Å². The number of hydrogen-bond donors (Lipinski definition) is 3. The van der Waals surface area contributed by atoms with Crippen LogP contribution in [0, 0.1) is 0 Å². The summed E-state index contributed by atoms with van der Waals surface area (Å²) >= 11 is 12.4. The lowest BCUT2D eigenvalue weighted by molar-refractivity contribution is -0.136. The van der Waals surface area contributed by atoms with Crippen molar-refractivity contribution in [3.8, 4) is 5.75 Å². The molecule has 47 heavy (non-hydrogen) atoms. The number of fused-ring (bicyclic) bond motifs is 2. The number of benzene rings is 3. The van der Waals surface area contributed by atoms with Crippen LogP contribution in [0.1, 0.15) is 49.6 Å². The summed E-state index contributed by atoms with van der Waals surface area (Å²) in [5.41, 5.74) is 1.70. The summed E-state index contributed by atoms with van der Waals surface area (Å²) in [5, 5.41) is 13.7. The smallest absolute Gasteiger partial charge is 0.272 e. The standard InChI is InChI=1S/C32H26Cl2N6O7/c33-18-9-8-17(21(34)14-18)15-39-22-6-2-1-4-19(22)28(38-39)30(44)36-13-12-35-26(42)16-47-24-7-3-5-20-27(24)32(46)40(31(20)45)23-10-11-25(41)37-29(23)43/h1-9,14,23H,10-13,15-16H2,(H,35,42)(H,36,44)(H,37,41,43). The molecule has 3 N–H and O–H groups in total. The van der Waals surface area contributed by atoms with E-state index in [0.29, 0.717) is 22.0 Å². The van der Waals surface area contributed by atoms with Crippen molar-refractivity contribution in [2.75, 3.05) is 19.7 Å². The van der Waals surface area contributed by atoms with Gasteiger partial charge in [0.1, 0.15) is 11.8 Å². The maximum atomic E-state index is 13.2. The van der Waals surface area contributed by atoms with Crippen LogP contribution in [-0.2, 0) is 20.9 Å². The molecule has 1 aromatic heterocycles. The van der Waals surface area contributed by atoms with Crippen LogP contribution in [0.15, 0.2) is 60.7 Å². The van der Waals surface area contributed by atoms with Gasteiger partial charge in [0.25, 0.3) is 23.6 Å². The first-order valence-electron chi connectivity index (χ1n) is 14.5. The Kier molecular flexibility index (Phi) is 8.92. The van der Waals surface area contributed by atoms with E-state index in [4.69, 9.17) is 27.9 Å². The molecule has 0 aliphatic carbocycles. The maximum absolute atomic E-state index is 13.2. The van der Waals surface area contributed by atoms with Crippen LogP contribution in [0.4, 0.5) is 0 Å². The third-order valence-corrected chi connectivity index (χ3v) is 8.32. The molecule has 1 atom stereocenters. The minimum absolute atomic E-state index is 0.00134. The first-order chi connectivity index (χ1) is 22.6. The Bertz CT molecular complexity index is 1980. The molecule has 0 bridgehead atoms. The zero-order chi connectivity index (χ0) is 33.2. The number of nitrogens with one attached hydrogen (secondary N) is 3. The second-order valence-corrected chi connectivity index (χ2v) is 11.6. The number of nitrogens with zero attached hydrogens (tertiary/aromatic N) is 3. The van der Waals surface area contributed by atoms with Gasteiger partial charge in [0.05, 0.1) is 23.2 Å². The molecule has 6 rings (SSSR count). The molecule has 6 amide bonds. The van der Waals surface area contributed by atoms with Gasteiger partial charge in [0, 0.05) is 34.9 Å². The van der Waals surface area contributed by atoms with Crippen molar-refractivity contribution in [1.29, 1.82) is 0 Å². The highest BCUT2D eigenvalue weighted by Gasteiger charge is 2.46. The molecular weight excluding hydrogens is 651 g/mol. The van der Waals surface area contributed by atoms with Crippen molar-refractivity contribution in [1.82, 2.24) is 30.6 Å². The van der Waals surface area contributed by atoms with Gasteiger partial charge in [-0.25, -0.2) is 0 Å². The van der Waals surface area contributed by atoms with Crippen LogP contribution in [0.5, 0.6) is 5.75 Å². The zero-order valence-electron chi connectivity index (χ0n) is 24.5. The summed E-state index contributed by atoms with van der Waals surface area (Å²) in [6.07, 6.45) is 0.00888. The number of aromatic nitrogens is 2. The van der Waals surface area contributed by atoms with Crippen LogP contribution in [0.2, 0.25) is 10.0 Å². The van der Waals surface area contributed by atoms with E-state index in [-0.39, 0.29) is 48.5 Å². The predicted molar refractivity (Wildman–Crippen MR) is 169 cm³/mol.